The fourth-order valence-corrected chi connectivity index (χ4v) is 3.25. The van der Waals surface area contributed by atoms with Crippen molar-refractivity contribution in [2.24, 2.45) is 7.05 Å². The van der Waals surface area contributed by atoms with Crippen LogP contribution in [0, 0.1) is 5.82 Å². The molecule has 3 rings (SSSR count). The number of halogens is 3. The maximum Gasteiger partial charge on any atom is 0.225 e. The lowest BCUT2D eigenvalue weighted by molar-refractivity contribution is -0.121. The van der Waals surface area contributed by atoms with E-state index in [1.165, 1.54) is 6.07 Å². The molecule has 26 heavy (non-hydrogen) atoms. The molecule has 4 nitrogen and oxygen atoms in total. The lowest BCUT2D eigenvalue weighted by atomic mass is 10.0. The second-order valence-electron chi connectivity index (χ2n) is 5.80. The van der Waals surface area contributed by atoms with Crippen molar-refractivity contribution in [2.75, 3.05) is 0 Å². The average Bonchev–Trinajstić information content (AvgIpc) is 3.03. The zero-order chi connectivity index (χ0) is 18.7. The van der Waals surface area contributed by atoms with E-state index >= 15 is 0 Å². The van der Waals surface area contributed by atoms with E-state index in [9.17, 15) is 9.18 Å². The van der Waals surface area contributed by atoms with Crippen LogP contribution >= 0.6 is 23.2 Å². The number of nitrogens with zero attached hydrogens (tertiary/aromatic N) is 2. The van der Waals surface area contributed by atoms with E-state index in [0.717, 1.165) is 0 Å². The van der Waals surface area contributed by atoms with Crippen molar-refractivity contribution in [2.45, 2.75) is 12.5 Å². The SMILES string of the molecule is Cn1ccnc1[C@@H](NC(=O)Cc1c(Cl)cccc1Cl)c1ccccc1F. The summed E-state index contributed by atoms with van der Waals surface area (Å²) in [6.07, 6.45) is 3.31. The van der Waals surface area contributed by atoms with Crippen LogP contribution in [0.1, 0.15) is 23.0 Å². The molecule has 0 aliphatic rings. The van der Waals surface area contributed by atoms with Crippen molar-refractivity contribution in [3.05, 3.63) is 87.7 Å². The van der Waals surface area contributed by atoms with Gasteiger partial charge in [0.2, 0.25) is 5.91 Å². The van der Waals surface area contributed by atoms with Gasteiger partial charge in [-0.15, -0.1) is 0 Å². The van der Waals surface area contributed by atoms with Gasteiger partial charge < -0.3 is 9.88 Å². The predicted molar refractivity (Wildman–Crippen MR) is 99.8 cm³/mol. The third kappa shape index (κ3) is 3.89. The molecule has 0 saturated heterocycles. The molecule has 1 aromatic heterocycles. The largest absolute Gasteiger partial charge is 0.342 e. The molecule has 0 unspecified atom stereocenters. The Morgan fingerprint density at radius 3 is 2.50 bits per heavy atom. The molecule has 134 valence electrons. The molecule has 0 bridgehead atoms. The number of imidazole rings is 1. The fourth-order valence-electron chi connectivity index (χ4n) is 2.72. The van der Waals surface area contributed by atoms with Crippen LogP contribution in [-0.2, 0) is 18.3 Å². The van der Waals surface area contributed by atoms with E-state index in [1.54, 1.807) is 60.4 Å². The van der Waals surface area contributed by atoms with E-state index in [2.05, 4.69) is 10.3 Å². The number of hydrogen-bond acceptors (Lipinski definition) is 2. The van der Waals surface area contributed by atoms with Gasteiger partial charge in [-0.2, -0.15) is 0 Å². The van der Waals surface area contributed by atoms with E-state index in [-0.39, 0.29) is 12.3 Å². The van der Waals surface area contributed by atoms with Crippen LogP contribution in [0.15, 0.2) is 54.9 Å². The summed E-state index contributed by atoms with van der Waals surface area (Å²) in [5.74, 6) is -0.235. The Hall–Kier alpha value is -2.37. The molecule has 0 fully saturated rings. The maximum absolute atomic E-state index is 14.3. The molecule has 1 heterocycles. The average molecular weight is 392 g/mol. The fraction of sp³-hybridized carbons (Fsp3) is 0.158. The summed E-state index contributed by atoms with van der Waals surface area (Å²) in [4.78, 5) is 16.9. The van der Waals surface area contributed by atoms with Crippen LogP contribution in [0.3, 0.4) is 0 Å². The van der Waals surface area contributed by atoms with Crippen molar-refractivity contribution >= 4 is 29.1 Å². The summed E-state index contributed by atoms with van der Waals surface area (Å²) in [5.41, 5.74) is 0.862. The molecular weight excluding hydrogens is 376 g/mol. The molecule has 0 aliphatic heterocycles. The maximum atomic E-state index is 14.3. The monoisotopic (exact) mass is 391 g/mol. The number of hydrogen-bond donors (Lipinski definition) is 1. The molecule has 1 amide bonds. The van der Waals surface area contributed by atoms with Crippen molar-refractivity contribution in [3.63, 3.8) is 0 Å². The number of benzene rings is 2. The molecule has 3 aromatic rings. The number of nitrogens with one attached hydrogen (secondary N) is 1. The topological polar surface area (TPSA) is 46.9 Å². The number of carbonyl (C=O) groups excluding carboxylic acids is 1. The Bertz CT molecular complexity index is 922. The van der Waals surface area contributed by atoms with Crippen LogP contribution in [0.25, 0.3) is 0 Å². The Morgan fingerprint density at radius 1 is 1.19 bits per heavy atom. The smallest absolute Gasteiger partial charge is 0.225 e. The van der Waals surface area contributed by atoms with E-state index in [4.69, 9.17) is 23.2 Å². The predicted octanol–water partition coefficient (Wildman–Crippen LogP) is 4.31. The highest BCUT2D eigenvalue weighted by atomic mass is 35.5. The molecular formula is C19H16Cl2FN3O. The highest BCUT2D eigenvalue weighted by molar-refractivity contribution is 6.36. The minimum atomic E-state index is -0.732. The first-order valence-electron chi connectivity index (χ1n) is 7.91. The Labute approximate surface area is 160 Å². The van der Waals surface area contributed by atoms with Crippen LogP contribution < -0.4 is 5.32 Å². The van der Waals surface area contributed by atoms with Gasteiger partial charge in [-0.3, -0.25) is 4.79 Å². The molecule has 0 saturated carbocycles. The number of amides is 1. The molecule has 1 N–H and O–H groups in total. The zero-order valence-corrected chi connectivity index (χ0v) is 15.4. The van der Waals surface area contributed by atoms with Gasteiger partial charge in [0.15, 0.2) is 0 Å². The van der Waals surface area contributed by atoms with Gasteiger partial charge in [0.1, 0.15) is 17.7 Å². The minimum absolute atomic E-state index is 0.0200. The lowest BCUT2D eigenvalue weighted by Gasteiger charge is -2.20. The minimum Gasteiger partial charge on any atom is -0.342 e. The van der Waals surface area contributed by atoms with Gasteiger partial charge in [-0.05, 0) is 23.8 Å². The lowest BCUT2D eigenvalue weighted by Crippen LogP contribution is -2.32. The first-order valence-corrected chi connectivity index (χ1v) is 8.67. The van der Waals surface area contributed by atoms with Crippen LogP contribution in [-0.4, -0.2) is 15.5 Å². The third-order valence-electron chi connectivity index (χ3n) is 4.04. The number of rotatable bonds is 5. The Morgan fingerprint density at radius 2 is 1.88 bits per heavy atom. The summed E-state index contributed by atoms with van der Waals surface area (Å²) < 4.78 is 16.1. The number of carbonyl (C=O) groups is 1. The Kier molecular flexibility index (Phi) is 5.59. The van der Waals surface area contributed by atoms with Crippen LogP contribution in [0.4, 0.5) is 4.39 Å². The first kappa shape index (κ1) is 18.4. The van der Waals surface area contributed by atoms with Crippen molar-refractivity contribution in [3.8, 4) is 0 Å². The summed E-state index contributed by atoms with van der Waals surface area (Å²) in [7, 11) is 1.78. The highest BCUT2D eigenvalue weighted by Crippen LogP contribution is 2.26. The van der Waals surface area contributed by atoms with Crippen molar-refractivity contribution in [1.29, 1.82) is 0 Å². The molecule has 0 aliphatic carbocycles. The van der Waals surface area contributed by atoms with E-state index in [0.29, 0.717) is 27.0 Å². The van der Waals surface area contributed by atoms with Gasteiger partial charge in [0.25, 0.3) is 0 Å². The van der Waals surface area contributed by atoms with Gasteiger partial charge >= 0.3 is 0 Å². The number of aryl methyl sites for hydroxylation is 1. The summed E-state index contributed by atoms with van der Waals surface area (Å²) in [5, 5.41) is 3.66. The zero-order valence-electron chi connectivity index (χ0n) is 13.9. The third-order valence-corrected chi connectivity index (χ3v) is 4.75. The summed E-state index contributed by atoms with van der Waals surface area (Å²) in [6, 6.07) is 10.6. The number of aromatic nitrogens is 2. The second-order valence-corrected chi connectivity index (χ2v) is 6.61. The highest BCUT2D eigenvalue weighted by Gasteiger charge is 2.24. The van der Waals surface area contributed by atoms with Gasteiger partial charge in [0.05, 0.1) is 6.42 Å². The van der Waals surface area contributed by atoms with E-state index < -0.39 is 11.9 Å². The standard InChI is InChI=1S/C19H16Cl2FN3O/c1-25-10-9-23-19(25)18(12-5-2-3-8-16(12)22)24-17(26)11-13-14(20)6-4-7-15(13)21/h2-10,18H,11H2,1H3,(H,24,26)/t18-/m0/s1. The quantitative estimate of drug-likeness (QED) is 0.703. The van der Waals surface area contributed by atoms with Crippen LogP contribution in [0.5, 0.6) is 0 Å². The molecule has 7 heteroatoms. The molecule has 0 radical (unpaired) electrons. The van der Waals surface area contributed by atoms with Crippen LogP contribution in [0.2, 0.25) is 10.0 Å². The van der Waals surface area contributed by atoms with E-state index in [1.807, 2.05) is 0 Å². The Balaban J connectivity index is 1.90. The molecule has 0 spiro atoms. The van der Waals surface area contributed by atoms with Crippen molar-refractivity contribution < 1.29 is 9.18 Å². The normalized spacial score (nSPS) is 12.0. The molecule has 1 atom stereocenters. The summed E-state index contributed by atoms with van der Waals surface area (Å²) >= 11 is 12.3. The first-order chi connectivity index (χ1) is 12.5. The second kappa shape index (κ2) is 7.89. The van der Waals surface area contributed by atoms with Gasteiger partial charge in [-0.1, -0.05) is 47.5 Å². The van der Waals surface area contributed by atoms with Gasteiger partial charge in [0, 0.05) is 35.1 Å². The summed E-state index contributed by atoms with van der Waals surface area (Å²) in [6.45, 7) is 0. The van der Waals surface area contributed by atoms with Crippen molar-refractivity contribution in [1.82, 2.24) is 14.9 Å². The molecule has 2 aromatic carbocycles. The van der Waals surface area contributed by atoms with Gasteiger partial charge in [-0.25, -0.2) is 9.37 Å².